The minimum absolute atomic E-state index is 0.210. The van der Waals surface area contributed by atoms with Crippen LogP contribution in [0.15, 0.2) is 0 Å². The number of rotatable bonds is 3. The number of nitrogens with zero attached hydrogens (tertiary/aromatic N) is 1. The third-order valence-corrected chi connectivity index (χ3v) is 3.35. The highest BCUT2D eigenvalue weighted by Crippen LogP contribution is 2.24. The number of nitrogens with one attached hydrogen (secondary N) is 1. The summed E-state index contributed by atoms with van der Waals surface area (Å²) >= 11 is 0. The zero-order chi connectivity index (χ0) is 11.5. The number of hydrogen-bond donors (Lipinski definition) is 1. The van der Waals surface area contributed by atoms with Gasteiger partial charge in [0.2, 0.25) is 0 Å². The van der Waals surface area contributed by atoms with E-state index in [0.717, 1.165) is 26.2 Å². The Morgan fingerprint density at radius 2 is 1.93 bits per heavy atom. The smallest absolute Gasteiger partial charge is 0.0589 e. The molecular weight excluding hydrogens is 188 g/mol. The van der Waals surface area contributed by atoms with Crippen molar-refractivity contribution in [1.82, 2.24) is 10.2 Å². The lowest BCUT2D eigenvalue weighted by Gasteiger charge is -2.39. The summed E-state index contributed by atoms with van der Waals surface area (Å²) in [6, 6.07) is 0. The van der Waals surface area contributed by atoms with Crippen LogP contribution in [0.4, 0.5) is 0 Å². The molecule has 90 valence electrons. The van der Waals surface area contributed by atoms with Crippen LogP contribution in [0.5, 0.6) is 0 Å². The molecule has 0 spiro atoms. The Morgan fingerprint density at radius 3 is 2.53 bits per heavy atom. The molecule has 15 heavy (non-hydrogen) atoms. The molecule has 1 heterocycles. The number of hydrogen-bond acceptors (Lipinski definition) is 3. The van der Waals surface area contributed by atoms with Crippen LogP contribution in [0.2, 0.25) is 0 Å². The average molecular weight is 214 g/mol. The Hall–Kier alpha value is -0.120. The van der Waals surface area contributed by atoms with Gasteiger partial charge in [-0.2, -0.15) is 0 Å². The second-order valence-corrected chi connectivity index (χ2v) is 5.79. The summed E-state index contributed by atoms with van der Waals surface area (Å²) in [5, 5.41) is 3.60. The van der Waals surface area contributed by atoms with Gasteiger partial charge in [0.25, 0.3) is 0 Å². The molecule has 0 radical (unpaired) electrons. The van der Waals surface area contributed by atoms with E-state index in [1.165, 1.54) is 6.42 Å². The van der Waals surface area contributed by atoms with Gasteiger partial charge in [0, 0.05) is 31.3 Å². The summed E-state index contributed by atoms with van der Waals surface area (Å²) in [6.07, 6.45) is 1.19. The summed E-state index contributed by atoms with van der Waals surface area (Å²) in [7, 11) is 1.77. The van der Waals surface area contributed by atoms with Crippen molar-refractivity contribution in [3.63, 3.8) is 0 Å². The predicted octanol–water partition coefficient (Wildman–Crippen LogP) is 1.49. The maximum absolute atomic E-state index is 5.18. The molecular formula is C12H26N2O. The van der Waals surface area contributed by atoms with Crippen molar-refractivity contribution in [1.29, 1.82) is 0 Å². The third-order valence-electron chi connectivity index (χ3n) is 3.35. The van der Waals surface area contributed by atoms with E-state index in [9.17, 15) is 0 Å². The molecule has 0 aromatic carbocycles. The second kappa shape index (κ2) is 4.81. The topological polar surface area (TPSA) is 24.5 Å². The molecule has 0 aromatic rings. The number of ether oxygens (including phenoxy) is 1. The van der Waals surface area contributed by atoms with Crippen molar-refractivity contribution in [2.24, 2.45) is 0 Å². The minimum atomic E-state index is 0.210. The lowest BCUT2D eigenvalue weighted by atomic mass is 9.97. The van der Waals surface area contributed by atoms with E-state index in [0.29, 0.717) is 0 Å². The van der Waals surface area contributed by atoms with Gasteiger partial charge in [0.15, 0.2) is 0 Å². The van der Waals surface area contributed by atoms with E-state index in [-0.39, 0.29) is 11.1 Å². The Balaban J connectivity index is 2.67. The van der Waals surface area contributed by atoms with Crippen LogP contribution in [0.1, 0.15) is 34.1 Å². The predicted molar refractivity (Wildman–Crippen MR) is 64.2 cm³/mol. The first kappa shape index (κ1) is 12.9. The monoisotopic (exact) mass is 214 g/mol. The highest BCUT2D eigenvalue weighted by molar-refractivity contribution is 4.93. The van der Waals surface area contributed by atoms with Crippen molar-refractivity contribution in [3.8, 4) is 0 Å². The molecule has 1 aliphatic heterocycles. The standard InChI is InChI=1S/C12H26N2O/c1-11(2)10-14(8-9-15-5)12(3,4)6-7-13-11/h13H,6-10H2,1-5H3. The zero-order valence-electron chi connectivity index (χ0n) is 10.9. The highest BCUT2D eigenvalue weighted by atomic mass is 16.5. The molecule has 0 saturated carbocycles. The first-order valence-corrected chi connectivity index (χ1v) is 5.86. The minimum Gasteiger partial charge on any atom is -0.383 e. The van der Waals surface area contributed by atoms with E-state index in [1.807, 2.05) is 0 Å². The van der Waals surface area contributed by atoms with E-state index in [2.05, 4.69) is 37.9 Å². The lowest BCUT2D eigenvalue weighted by molar-refractivity contribution is 0.0683. The quantitative estimate of drug-likeness (QED) is 0.770. The SMILES string of the molecule is COCCN1CC(C)(C)NCCC1(C)C. The lowest BCUT2D eigenvalue weighted by Crippen LogP contribution is -2.51. The summed E-state index contributed by atoms with van der Waals surface area (Å²) in [5.41, 5.74) is 0.487. The molecule has 0 bridgehead atoms. The Labute approximate surface area is 94.2 Å². The normalized spacial score (nSPS) is 26.2. The van der Waals surface area contributed by atoms with Crippen molar-refractivity contribution >= 4 is 0 Å². The fourth-order valence-corrected chi connectivity index (χ4v) is 2.20. The Kier molecular flexibility index (Phi) is 4.15. The van der Waals surface area contributed by atoms with Gasteiger partial charge < -0.3 is 10.1 Å². The van der Waals surface area contributed by atoms with Crippen molar-refractivity contribution in [2.75, 3.05) is 33.4 Å². The molecule has 0 amide bonds. The van der Waals surface area contributed by atoms with Gasteiger partial charge in [0.05, 0.1) is 6.61 Å². The van der Waals surface area contributed by atoms with Gasteiger partial charge in [-0.25, -0.2) is 0 Å². The summed E-state index contributed by atoms with van der Waals surface area (Å²) in [5.74, 6) is 0. The van der Waals surface area contributed by atoms with Gasteiger partial charge >= 0.3 is 0 Å². The largest absolute Gasteiger partial charge is 0.383 e. The highest BCUT2D eigenvalue weighted by Gasteiger charge is 2.34. The van der Waals surface area contributed by atoms with Crippen LogP contribution in [0.3, 0.4) is 0 Å². The van der Waals surface area contributed by atoms with Crippen LogP contribution >= 0.6 is 0 Å². The molecule has 3 nitrogen and oxygen atoms in total. The zero-order valence-corrected chi connectivity index (χ0v) is 10.9. The number of methoxy groups -OCH3 is 1. The summed E-state index contributed by atoms with van der Waals surface area (Å²) in [4.78, 5) is 2.54. The molecule has 1 aliphatic rings. The van der Waals surface area contributed by atoms with E-state index in [4.69, 9.17) is 4.74 Å². The van der Waals surface area contributed by atoms with Gasteiger partial charge in [-0.15, -0.1) is 0 Å². The average Bonchev–Trinajstić information content (AvgIpc) is 2.19. The summed E-state index contributed by atoms with van der Waals surface area (Å²) in [6.45, 7) is 13.2. The van der Waals surface area contributed by atoms with E-state index < -0.39 is 0 Å². The maximum atomic E-state index is 5.18. The first-order valence-electron chi connectivity index (χ1n) is 5.86. The molecule has 1 fully saturated rings. The van der Waals surface area contributed by atoms with Crippen LogP contribution in [0.25, 0.3) is 0 Å². The van der Waals surface area contributed by atoms with Gasteiger partial charge in [0.1, 0.15) is 0 Å². The van der Waals surface area contributed by atoms with Crippen molar-refractivity contribution in [3.05, 3.63) is 0 Å². The maximum Gasteiger partial charge on any atom is 0.0589 e. The van der Waals surface area contributed by atoms with Crippen LogP contribution < -0.4 is 5.32 Å². The van der Waals surface area contributed by atoms with Gasteiger partial charge in [-0.05, 0) is 40.7 Å². The summed E-state index contributed by atoms with van der Waals surface area (Å²) < 4.78 is 5.18. The molecule has 0 aliphatic carbocycles. The molecule has 1 N–H and O–H groups in total. The first-order chi connectivity index (χ1) is 6.87. The molecule has 3 heteroatoms. The fraction of sp³-hybridized carbons (Fsp3) is 1.00. The molecule has 1 saturated heterocycles. The van der Waals surface area contributed by atoms with E-state index in [1.54, 1.807) is 7.11 Å². The molecule has 1 rings (SSSR count). The van der Waals surface area contributed by atoms with Crippen LogP contribution in [0, 0.1) is 0 Å². The van der Waals surface area contributed by atoms with Crippen LogP contribution in [-0.2, 0) is 4.74 Å². The van der Waals surface area contributed by atoms with Gasteiger partial charge in [-0.1, -0.05) is 0 Å². The Morgan fingerprint density at radius 1 is 1.27 bits per heavy atom. The second-order valence-electron chi connectivity index (χ2n) is 5.79. The Bertz CT molecular complexity index is 202. The van der Waals surface area contributed by atoms with Crippen molar-refractivity contribution < 1.29 is 4.74 Å². The fourth-order valence-electron chi connectivity index (χ4n) is 2.20. The van der Waals surface area contributed by atoms with Gasteiger partial charge in [-0.3, -0.25) is 4.90 Å². The molecule has 0 unspecified atom stereocenters. The molecule has 0 aromatic heterocycles. The van der Waals surface area contributed by atoms with Crippen molar-refractivity contribution in [2.45, 2.75) is 45.2 Å². The third kappa shape index (κ3) is 3.74. The van der Waals surface area contributed by atoms with Crippen LogP contribution in [-0.4, -0.2) is 49.3 Å². The van der Waals surface area contributed by atoms with E-state index >= 15 is 0 Å². The molecule has 0 atom stereocenters.